The van der Waals surface area contributed by atoms with Crippen LogP contribution in [0.4, 0.5) is 0 Å². The van der Waals surface area contributed by atoms with E-state index in [9.17, 15) is 0 Å². The minimum absolute atomic E-state index is 0.765. The van der Waals surface area contributed by atoms with Crippen LogP contribution < -0.4 is 0 Å². The number of thiazole rings is 1. The SMILES string of the molecule is CCc1nc(-c2cccnc2)sc1CS. The van der Waals surface area contributed by atoms with Gasteiger partial charge in [0, 0.05) is 28.6 Å². The standard InChI is InChI=1S/C11H12N2S2/c1-2-9-10(7-14)15-11(13-9)8-4-3-5-12-6-8/h3-6,14H,2,7H2,1H3. The first-order chi connectivity index (χ1) is 7.35. The highest BCUT2D eigenvalue weighted by molar-refractivity contribution is 7.79. The molecule has 0 aliphatic carbocycles. The molecule has 15 heavy (non-hydrogen) atoms. The molecule has 0 unspecified atom stereocenters. The Hall–Kier alpha value is -0.870. The van der Waals surface area contributed by atoms with Crippen molar-refractivity contribution in [3.63, 3.8) is 0 Å². The topological polar surface area (TPSA) is 25.8 Å². The van der Waals surface area contributed by atoms with Gasteiger partial charge < -0.3 is 0 Å². The van der Waals surface area contributed by atoms with Gasteiger partial charge in [0.15, 0.2) is 0 Å². The number of rotatable bonds is 3. The number of pyridine rings is 1. The molecular formula is C11H12N2S2. The molecular weight excluding hydrogens is 224 g/mol. The second kappa shape index (κ2) is 4.77. The van der Waals surface area contributed by atoms with E-state index in [-0.39, 0.29) is 0 Å². The van der Waals surface area contributed by atoms with Gasteiger partial charge in [-0.3, -0.25) is 4.98 Å². The van der Waals surface area contributed by atoms with Crippen molar-refractivity contribution in [1.82, 2.24) is 9.97 Å². The zero-order valence-corrected chi connectivity index (χ0v) is 10.2. The van der Waals surface area contributed by atoms with E-state index in [4.69, 9.17) is 0 Å². The Balaban J connectivity index is 2.42. The van der Waals surface area contributed by atoms with Crippen LogP contribution in [-0.4, -0.2) is 9.97 Å². The Labute approximate surface area is 98.8 Å². The van der Waals surface area contributed by atoms with E-state index in [2.05, 4.69) is 29.5 Å². The Morgan fingerprint density at radius 2 is 2.33 bits per heavy atom. The lowest BCUT2D eigenvalue weighted by Crippen LogP contribution is -1.85. The summed E-state index contributed by atoms with van der Waals surface area (Å²) in [5.41, 5.74) is 2.25. The van der Waals surface area contributed by atoms with Gasteiger partial charge in [-0.25, -0.2) is 4.98 Å². The predicted molar refractivity (Wildman–Crippen MR) is 67.4 cm³/mol. The van der Waals surface area contributed by atoms with Crippen molar-refractivity contribution >= 4 is 24.0 Å². The molecule has 0 aromatic carbocycles. The van der Waals surface area contributed by atoms with Crippen LogP contribution >= 0.6 is 24.0 Å². The van der Waals surface area contributed by atoms with Gasteiger partial charge in [-0.15, -0.1) is 11.3 Å². The average molecular weight is 236 g/mol. The molecule has 0 aliphatic heterocycles. The summed E-state index contributed by atoms with van der Waals surface area (Å²) in [5.74, 6) is 0.765. The molecule has 0 saturated heterocycles. The third-order valence-corrected chi connectivity index (χ3v) is 3.84. The van der Waals surface area contributed by atoms with Crippen LogP contribution in [-0.2, 0) is 12.2 Å². The summed E-state index contributed by atoms with van der Waals surface area (Å²) in [5, 5.41) is 1.05. The highest BCUT2D eigenvalue weighted by Crippen LogP contribution is 2.28. The molecule has 0 bridgehead atoms. The van der Waals surface area contributed by atoms with Crippen molar-refractivity contribution in [3.05, 3.63) is 35.1 Å². The van der Waals surface area contributed by atoms with Gasteiger partial charge in [-0.1, -0.05) is 6.92 Å². The van der Waals surface area contributed by atoms with Crippen molar-refractivity contribution in [1.29, 1.82) is 0 Å². The molecule has 0 aliphatic rings. The molecule has 2 aromatic heterocycles. The maximum atomic E-state index is 4.60. The van der Waals surface area contributed by atoms with E-state index in [0.717, 1.165) is 28.4 Å². The van der Waals surface area contributed by atoms with Gasteiger partial charge in [0.25, 0.3) is 0 Å². The lowest BCUT2D eigenvalue weighted by atomic mass is 10.3. The minimum atomic E-state index is 0.765. The quantitative estimate of drug-likeness (QED) is 0.828. The Bertz CT molecular complexity index is 416. The molecule has 0 amide bonds. The highest BCUT2D eigenvalue weighted by Gasteiger charge is 2.09. The van der Waals surface area contributed by atoms with Crippen molar-refractivity contribution in [2.75, 3.05) is 0 Å². The molecule has 2 nitrogen and oxygen atoms in total. The van der Waals surface area contributed by atoms with E-state index in [0.29, 0.717) is 0 Å². The summed E-state index contributed by atoms with van der Waals surface area (Å²) in [6.07, 6.45) is 4.59. The minimum Gasteiger partial charge on any atom is -0.264 e. The molecule has 2 rings (SSSR count). The maximum absolute atomic E-state index is 4.60. The van der Waals surface area contributed by atoms with E-state index in [1.54, 1.807) is 17.5 Å². The lowest BCUT2D eigenvalue weighted by Gasteiger charge is -1.92. The molecule has 2 aromatic rings. The van der Waals surface area contributed by atoms with Gasteiger partial charge in [0.2, 0.25) is 0 Å². The molecule has 0 saturated carbocycles. The first-order valence-electron chi connectivity index (χ1n) is 4.85. The molecule has 0 spiro atoms. The third kappa shape index (κ3) is 2.21. The summed E-state index contributed by atoms with van der Waals surface area (Å²) in [6.45, 7) is 2.12. The Kier molecular flexibility index (Phi) is 3.38. The Morgan fingerprint density at radius 1 is 1.47 bits per heavy atom. The summed E-state index contributed by atoms with van der Waals surface area (Å²) >= 11 is 6.02. The average Bonchev–Trinajstić information content (AvgIpc) is 2.73. The maximum Gasteiger partial charge on any atom is 0.125 e. The van der Waals surface area contributed by atoms with E-state index in [1.165, 1.54) is 4.88 Å². The lowest BCUT2D eigenvalue weighted by molar-refractivity contribution is 1.04. The van der Waals surface area contributed by atoms with Crippen LogP contribution in [0.25, 0.3) is 10.6 Å². The number of hydrogen-bond acceptors (Lipinski definition) is 4. The van der Waals surface area contributed by atoms with Crippen molar-refractivity contribution < 1.29 is 0 Å². The molecule has 0 N–H and O–H groups in total. The normalized spacial score (nSPS) is 10.5. The van der Waals surface area contributed by atoms with Gasteiger partial charge in [0.1, 0.15) is 5.01 Å². The fourth-order valence-electron chi connectivity index (χ4n) is 1.40. The zero-order chi connectivity index (χ0) is 10.7. The summed E-state index contributed by atoms with van der Waals surface area (Å²) in [6, 6.07) is 3.97. The first-order valence-corrected chi connectivity index (χ1v) is 6.30. The van der Waals surface area contributed by atoms with E-state index < -0.39 is 0 Å². The van der Waals surface area contributed by atoms with Gasteiger partial charge in [-0.2, -0.15) is 12.6 Å². The third-order valence-electron chi connectivity index (χ3n) is 2.17. The van der Waals surface area contributed by atoms with Crippen molar-refractivity contribution in [3.8, 4) is 10.6 Å². The number of hydrogen-bond donors (Lipinski definition) is 1. The number of aromatic nitrogens is 2. The molecule has 0 atom stereocenters. The number of thiol groups is 1. The fourth-order valence-corrected chi connectivity index (χ4v) is 2.77. The van der Waals surface area contributed by atoms with Crippen molar-refractivity contribution in [2.45, 2.75) is 19.1 Å². The van der Waals surface area contributed by atoms with Gasteiger partial charge in [-0.05, 0) is 18.6 Å². The first kappa shape index (κ1) is 10.6. The molecule has 78 valence electrons. The van der Waals surface area contributed by atoms with Crippen molar-refractivity contribution in [2.24, 2.45) is 0 Å². The number of aryl methyl sites for hydroxylation is 1. The molecule has 0 fully saturated rings. The summed E-state index contributed by atoms with van der Waals surface area (Å²) in [4.78, 5) is 9.96. The zero-order valence-electron chi connectivity index (χ0n) is 8.47. The molecule has 2 heterocycles. The van der Waals surface area contributed by atoms with Crippen LogP contribution in [0.5, 0.6) is 0 Å². The van der Waals surface area contributed by atoms with Crippen LogP contribution in [0.3, 0.4) is 0 Å². The van der Waals surface area contributed by atoms with Crippen LogP contribution in [0, 0.1) is 0 Å². The van der Waals surface area contributed by atoms with Gasteiger partial charge >= 0.3 is 0 Å². The van der Waals surface area contributed by atoms with E-state index >= 15 is 0 Å². The molecule has 0 radical (unpaired) electrons. The van der Waals surface area contributed by atoms with Gasteiger partial charge in [0.05, 0.1) is 5.69 Å². The number of nitrogens with zero attached hydrogens (tertiary/aromatic N) is 2. The Morgan fingerprint density at radius 3 is 2.87 bits per heavy atom. The highest BCUT2D eigenvalue weighted by atomic mass is 32.1. The monoisotopic (exact) mass is 236 g/mol. The summed E-state index contributed by atoms with van der Waals surface area (Å²) in [7, 11) is 0. The predicted octanol–water partition coefficient (Wildman–Crippen LogP) is 3.20. The van der Waals surface area contributed by atoms with Crippen LogP contribution in [0.15, 0.2) is 24.5 Å². The smallest absolute Gasteiger partial charge is 0.125 e. The van der Waals surface area contributed by atoms with Crippen LogP contribution in [0.1, 0.15) is 17.5 Å². The summed E-state index contributed by atoms with van der Waals surface area (Å²) < 4.78 is 0. The fraction of sp³-hybridized carbons (Fsp3) is 0.273. The second-order valence-corrected chi connectivity index (χ2v) is 4.54. The second-order valence-electron chi connectivity index (χ2n) is 3.14. The largest absolute Gasteiger partial charge is 0.264 e. The van der Waals surface area contributed by atoms with Crippen LogP contribution in [0.2, 0.25) is 0 Å². The molecule has 4 heteroatoms. The van der Waals surface area contributed by atoms with E-state index in [1.807, 2.05) is 18.3 Å².